The van der Waals surface area contributed by atoms with Crippen LogP contribution in [0.5, 0.6) is 0 Å². The molecule has 2 atom stereocenters. The topological polar surface area (TPSA) is 49.3 Å². The van der Waals surface area contributed by atoms with Gasteiger partial charge in [-0.2, -0.15) is 0 Å². The smallest absolute Gasteiger partial charge is 0.251 e. The van der Waals surface area contributed by atoms with Gasteiger partial charge in [0.2, 0.25) is 0 Å². The third kappa shape index (κ3) is 3.80. The van der Waals surface area contributed by atoms with Crippen LogP contribution >= 0.6 is 31.9 Å². The molecular weight excluding hydrogens is 362 g/mol. The Morgan fingerprint density at radius 3 is 2.50 bits per heavy atom. The van der Waals surface area contributed by atoms with E-state index >= 15 is 0 Å². The van der Waals surface area contributed by atoms with Crippen molar-refractivity contribution in [3.63, 3.8) is 0 Å². The first-order chi connectivity index (χ1) is 8.54. The normalized spacial score (nSPS) is 23.7. The number of carbonyl (C=O) groups is 1. The first-order valence-electron chi connectivity index (χ1n) is 5.99. The Balaban J connectivity index is 2.02. The zero-order valence-corrected chi connectivity index (χ0v) is 13.0. The third-order valence-corrected chi connectivity index (χ3v) is 4.02. The molecule has 1 fully saturated rings. The molecule has 1 aromatic rings. The maximum absolute atomic E-state index is 12.1. The van der Waals surface area contributed by atoms with E-state index < -0.39 is 0 Å². The highest BCUT2D eigenvalue weighted by molar-refractivity contribution is 9.11. The molecule has 3 nitrogen and oxygen atoms in total. The fraction of sp³-hybridized carbons (Fsp3) is 0.462. The molecule has 0 saturated heterocycles. The van der Waals surface area contributed by atoms with Crippen molar-refractivity contribution in [2.45, 2.75) is 37.8 Å². The highest BCUT2D eigenvalue weighted by atomic mass is 79.9. The van der Waals surface area contributed by atoms with Crippen LogP contribution in [0.4, 0.5) is 0 Å². The second-order valence-corrected chi connectivity index (χ2v) is 6.48. The van der Waals surface area contributed by atoms with Gasteiger partial charge in [0.1, 0.15) is 0 Å². The van der Waals surface area contributed by atoms with Crippen LogP contribution in [0, 0.1) is 0 Å². The maximum Gasteiger partial charge on any atom is 0.251 e. The Morgan fingerprint density at radius 1 is 1.22 bits per heavy atom. The summed E-state index contributed by atoms with van der Waals surface area (Å²) in [4.78, 5) is 12.1. The van der Waals surface area contributed by atoms with Gasteiger partial charge >= 0.3 is 0 Å². The molecule has 1 aliphatic carbocycles. The van der Waals surface area contributed by atoms with Gasteiger partial charge < -0.3 is 10.4 Å². The van der Waals surface area contributed by atoms with Crippen LogP contribution in [-0.4, -0.2) is 23.2 Å². The molecular formula is C13H15Br2NO2. The molecule has 2 unspecified atom stereocenters. The maximum atomic E-state index is 12.1. The lowest BCUT2D eigenvalue weighted by atomic mass is 9.93. The summed E-state index contributed by atoms with van der Waals surface area (Å²) in [5, 5.41) is 12.6. The predicted molar refractivity (Wildman–Crippen MR) is 77.6 cm³/mol. The van der Waals surface area contributed by atoms with E-state index in [-0.39, 0.29) is 18.1 Å². The molecule has 0 radical (unpaired) electrons. The Kier molecular flexibility index (Phi) is 4.81. The number of rotatable bonds is 2. The van der Waals surface area contributed by atoms with Crippen LogP contribution in [0.25, 0.3) is 0 Å². The number of nitrogens with one attached hydrogen (secondary N) is 1. The number of aliphatic hydroxyl groups excluding tert-OH is 1. The van der Waals surface area contributed by atoms with Crippen molar-refractivity contribution in [3.05, 3.63) is 32.7 Å². The van der Waals surface area contributed by atoms with E-state index in [0.717, 1.165) is 28.2 Å². The van der Waals surface area contributed by atoms with Crippen molar-refractivity contribution in [1.29, 1.82) is 0 Å². The number of hydrogen-bond donors (Lipinski definition) is 2. The molecule has 2 N–H and O–H groups in total. The molecule has 1 saturated carbocycles. The number of aliphatic hydroxyl groups is 1. The van der Waals surface area contributed by atoms with Crippen molar-refractivity contribution < 1.29 is 9.90 Å². The van der Waals surface area contributed by atoms with Crippen molar-refractivity contribution in [2.24, 2.45) is 0 Å². The molecule has 1 aliphatic rings. The predicted octanol–water partition coefficient (Wildman–Crippen LogP) is 3.24. The first kappa shape index (κ1) is 14.0. The largest absolute Gasteiger partial charge is 0.393 e. The summed E-state index contributed by atoms with van der Waals surface area (Å²) < 4.78 is 1.73. The van der Waals surface area contributed by atoms with Gasteiger partial charge in [0, 0.05) is 20.6 Å². The second-order valence-electron chi connectivity index (χ2n) is 4.65. The van der Waals surface area contributed by atoms with Crippen molar-refractivity contribution >= 4 is 37.8 Å². The molecule has 0 heterocycles. The van der Waals surface area contributed by atoms with Gasteiger partial charge in [-0.1, -0.05) is 31.9 Å². The van der Waals surface area contributed by atoms with Crippen LogP contribution in [0.3, 0.4) is 0 Å². The van der Waals surface area contributed by atoms with Gasteiger partial charge in [0.05, 0.1) is 6.10 Å². The van der Waals surface area contributed by atoms with E-state index in [1.807, 2.05) is 6.07 Å². The Hall–Kier alpha value is -0.390. The van der Waals surface area contributed by atoms with E-state index in [1.54, 1.807) is 12.1 Å². The van der Waals surface area contributed by atoms with Crippen LogP contribution in [0.2, 0.25) is 0 Å². The molecule has 0 bridgehead atoms. The van der Waals surface area contributed by atoms with Crippen molar-refractivity contribution in [3.8, 4) is 0 Å². The van der Waals surface area contributed by atoms with Gasteiger partial charge in [-0.3, -0.25) is 4.79 Å². The zero-order valence-electron chi connectivity index (χ0n) is 9.83. The minimum Gasteiger partial charge on any atom is -0.393 e. The quantitative estimate of drug-likeness (QED) is 0.832. The van der Waals surface area contributed by atoms with Crippen molar-refractivity contribution in [1.82, 2.24) is 5.32 Å². The standard InChI is InChI=1S/C13H15Br2NO2/c14-9-4-8(5-10(15)6-9)13(18)16-11-2-1-3-12(17)7-11/h4-6,11-12,17H,1-3,7H2,(H,16,18). The van der Waals surface area contributed by atoms with E-state index in [1.165, 1.54) is 0 Å². The third-order valence-electron chi connectivity index (χ3n) is 3.11. The highest BCUT2D eigenvalue weighted by Crippen LogP contribution is 2.22. The van der Waals surface area contributed by atoms with E-state index in [2.05, 4.69) is 37.2 Å². The minimum absolute atomic E-state index is 0.0824. The number of benzene rings is 1. The van der Waals surface area contributed by atoms with Crippen molar-refractivity contribution in [2.75, 3.05) is 0 Å². The molecule has 1 amide bonds. The van der Waals surface area contributed by atoms with E-state index in [9.17, 15) is 9.90 Å². The van der Waals surface area contributed by atoms with Gasteiger partial charge in [-0.15, -0.1) is 0 Å². The molecule has 0 aromatic heterocycles. The summed E-state index contributed by atoms with van der Waals surface area (Å²) >= 11 is 6.73. The van der Waals surface area contributed by atoms with E-state index in [0.29, 0.717) is 12.0 Å². The van der Waals surface area contributed by atoms with Gasteiger partial charge in [-0.25, -0.2) is 0 Å². The summed E-state index contributed by atoms with van der Waals surface area (Å²) in [6.45, 7) is 0. The molecule has 1 aromatic carbocycles. The molecule has 98 valence electrons. The zero-order chi connectivity index (χ0) is 13.1. The summed E-state index contributed by atoms with van der Waals surface area (Å²) in [6.07, 6.45) is 3.13. The number of hydrogen-bond acceptors (Lipinski definition) is 2. The summed E-state index contributed by atoms with van der Waals surface area (Å²) in [5.41, 5.74) is 0.622. The monoisotopic (exact) mass is 375 g/mol. The first-order valence-corrected chi connectivity index (χ1v) is 7.58. The second kappa shape index (κ2) is 6.17. The Bertz CT molecular complexity index is 430. The lowest BCUT2D eigenvalue weighted by Gasteiger charge is -2.26. The summed E-state index contributed by atoms with van der Waals surface area (Å²) in [5.74, 6) is -0.0869. The van der Waals surface area contributed by atoms with E-state index in [4.69, 9.17) is 0 Å². The minimum atomic E-state index is -0.279. The van der Waals surface area contributed by atoms with Crippen LogP contribution in [-0.2, 0) is 0 Å². The Morgan fingerprint density at radius 2 is 1.89 bits per heavy atom. The molecule has 5 heteroatoms. The number of amides is 1. The van der Waals surface area contributed by atoms with Gasteiger partial charge in [0.25, 0.3) is 5.91 Å². The van der Waals surface area contributed by atoms with Crippen LogP contribution in [0.1, 0.15) is 36.0 Å². The molecule has 18 heavy (non-hydrogen) atoms. The van der Waals surface area contributed by atoms with Crippen LogP contribution in [0.15, 0.2) is 27.1 Å². The fourth-order valence-corrected chi connectivity index (χ4v) is 3.54. The molecule has 0 aliphatic heterocycles. The lowest BCUT2D eigenvalue weighted by Crippen LogP contribution is -2.39. The number of carbonyl (C=O) groups excluding carboxylic acids is 1. The average Bonchev–Trinajstić information content (AvgIpc) is 2.27. The number of halogens is 2. The Labute approximate surface area is 123 Å². The summed E-state index contributed by atoms with van der Waals surface area (Å²) in [6, 6.07) is 5.55. The van der Waals surface area contributed by atoms with Crippen LogP contribution < -0.4 is 5.32 Å². The van der Waals surface area contributed by atoms with Gasteiger partial charge in [-0.05, 0) is 43.9 Å². The lowest BCUT2D eigenvalue weighted by molar-refractivity contribution is 0.0849. The SMILES string of the molecule is O=C(NC1CCCC(O)C1)c1cc(Br)cc(Br)c1. The van der Waals surface area contributed by atoms with Gasteiger partial charge in [0.15, 0.2) is 0 Å². The molecule has 0 spiro atoms. The average molecular weight is 377 g/mol. The summed E-state index contributed by atoms with van der Waals surface area (Å²) in [7, 11) is 0. The fourth-order valence-electron chi connectivity index (χ4n) is 2.25. The highest BCUT2D eigenvalue weighted by Gasteiger charge is 2.22. The molecule has 2 rings (SSSR count).